The van der Waals surface area contributed by atoms with Crippen molar-refractivity contribution in [1.82, 2.24) is 4.90 Å². The molecule has 1 aliphatic heterocycles. The molecule has 1 atom stereocenters. The minimum Gasteiger partial charge on any atom is -0.480 e. The van der Waals surface area contributed by atoms with E-state index in [2.05, 4.69) is 0 Å². The Kier molecular flexibility index (Phi) is 4.76. The van der Waals surface area contributed by atoms with E-state index < -0.39 is 23.6 Å². The molecule has 3 rings (SSSR count). The van der Waals surface area contributed by atoms with Crippen molar-refractivity contribution in [3.63, 3.8) is 0 Å². The molecule has 0 amide bonds. The maximum Gasteiger partial charge on any atom is 0.320 e. The van der Waals surface area contributed by atoms with E-state index in [0.717, 1.165) is 6.42 Å². The van der Waals surface area contributed by atoms with Crippen LogP contribution in [0, 0.1) is 11.6 Å². The number of rotatable bonds is 5. The highest BCUT2D eigenvalue weighted by atomic mass is 19.1. The van der Waals surface area contributed by atoms with Crippen LogP contribution in [-0.2, 0) is 11.3 Å². The van der Waals surface area contributed by atoms with Crippen molar-refractivity contribution in [2.24, 2.45) is 0 Å². The standard InChI is InChI=1S/C18H17F2NO3/c19-13-4-1-2-6-16(13)24-17-8-7-12(10-14(17)20)11-21-9-3-5-15(21)18(22)23/h1-2,4,6-8,10,15H,3,5,9,11H2,(H,22,23). The third kappa shape index (κ3) is 3.54. The minimum absolute atomic E-state index is 0.0466. The molecule has 24 heavy (non-hydrogen) atoms. The average Bonchev–Trinajstić information content (AvgIpc) is 3.00. The van der Waals surface area contributed by atoms with Gasteiger partial charge in [-0.2, -0.15) is 0 Å². The molecule has 126 valence electrons. The number of ether oxygens (including phenoxy) is 1. The van der Waals surface area contributed by atoms with Gasteiger partial charge in [-0.3, -0.25) is 9.69 Å². The van der Waals surface area contributed by atoms with Gasteiger partial charge in [0.1, 0.15) is 6.04 Å². The fourth-order valence-corrected chi connectivity index (χ4v) is 2.90. The molecule has 1 heterocycles. The largest absolute Gasteiger partial charge is 0.480 e. The predicted molar refractivity (Wildman–Crippen MR) is 83.9 cm³/mol. The summed E-state index contributed by atoms with van der Waals surface area (Å²) < 4.78 is 33.0. The third-order valence-corrected chi connectivity index (χ3v) is 4.09. The van der Waals surface area contributed by atoms with E-state index in [1.807, 2.05) is 4.90 Å². The number of benzene rings is 2. The maximum absolute atomic E-state index is 14.2. The first kappa shape index (κ1) is 16.4. The molecular formula is C18H17F2NO3. The quantitative estimate of drug-likeness (QED) is 0.904. The summed E-state index contributed by atoms with van der Waals surface area (Å²) in [5.74, 6) is -2.15. The zero-order valence-corrected chi connectivity index (χ0v) is 12.9. The Morgan fingerprint density at radius 3 is 2.62 bits per heavy atom. The van der Waals surface area contributed by atoms with E-state index in [1.165, 1.54) is 30.3 Å². The first-order valence-electron chi connectivity index (χ1n) is 7.72. The van der Waals surface area contributed by atoms with Crippen LogP contribution >= 0.6 is 0 Å². The first-order chi connectivity index (χ1) is 11.5. The summed E-state index contributed by atoms with van der Waals surface area (Å²) in [6.45, 7) is 1.03. The molecule has 0 saturated carbocycles. The Morgan fingerprint density at radius 2 is 1.92 bits per heavy atom. The van der Waals surface area contributed by atoms with Gasteiger partial charge >= 0.3 is 5.97 Å². The second kappa shape index (κ2) is 6.97. The first-order valence-corrected chi connectivity index (χ1v) is 7.72. The summed E-state index contributed by atoms with van der Waals surface area (Å²) in [4.78, 5) is 13.0. The number of para-hydroxylation sites is 1. The number of carbonyl (C=O) groups is 1. The van der Waals surface area contributed by atoms with Gasteiger partial charge in [-0.25, -0.2) is 8.78 Å². The van der Waals surface area contributed by atoms with Gasteiger partial charge in [-0.1, -0.05) is 18.2 Å². The summed E-state index contributed by atoms with van der Waals surface area (Å²) in [7, 11) is 0. The second-order valence-corrected chi connectivity index (χ2v) is 5.76. The van der Waals surface area contributed by atoms with Crippen LogP contribution < -0.4 is 4.74 Å². The van der Waals surface area contributed by atoms with Crippen LogP contribution in [0.5, 0.6) is 11.5 Å². The molecule has 0 radical (unpaired) electrons. The monoisotopic (exact) mass is 333 g/mol. The molecule has 1 saturated heterocycles. The van der Waals surface area contributed by atoms with Crippen LogP contribution in [0.4, 0.5) is 8.78 Å². The van der Waals surface area contributed by atoms with E-state index in [1.54, 1.807) is 12.1 Å². The van der Waals surface area contributed by atoms with Crippen LogP contribution in [0.1, 0.15) is 18.4 Å². The molecule has 1 fully saturated rings. The molecule has 2 aromatic carbocycles. The van der Waals surface area contributed by atoms with Crippen molar-refractivity contribution in [3.8, 4) is 11.5 Å². The van der Waals surface area contributed by atoms with Crippen LogP contribution in [0.15, 0.2) is 42.5 Å². The van der Waals surface area contributed by atoms with Crippen molar-refractivity contribution in [2.75, 3.05) is 6.54 Å². The average molecular weight is 333 g/mol. The molecule has 0 aliphatic carbocycles. The van der Waals surface area contributed by atoms with E-state index in [9.17, 15) is 18.7 Å². The molecule has 0 spiro atoms. The third-order valence-electron chi connectivity index (χ3n) is 4.09. The Hall–Kier alpha value is -2.47. The fourth-order valence-electron chi connectivity index (χ4n) is 2.90. The van der Waals surface area contributed by atoms with E-state index >= 15 is 0 Å². The van der Waals surface area contributed by atoms with E-state index in [0.29, 0.717) is 25.1 Å². The maximum atomic E-state index is 14.2. The SMILES string of the molecule is O=C(O)C1CCCN1Cc1ccc(Oc2ccccc2F)c(F)c1. The number of aliphatic carboxylic acids is 1. The summed E-state index contributed by atoms with van der Waals surface area (Å²) in [6, 6.07) is 9.65. The molecule has 4 nitrogen and oxygen atoms in total. The number of hydrogen-bond donors (Lipinski definition) is 1. The van der Waals surface area contributed by atoms with Crippen molar-refractivity contribution >= 4 is 5.97 Å². The zero-order valence-electron chi connectivity index (χ0n) is 12.9. The predicted octanol–water partition coefficient (Wildman–Crippen LogP) is 3.81. The summed E-state index contributed by atoms with van der Waals surface area (Å²) in [5.41, 5.74) is 0.654. The fraction of sp³-hybridized carbons (Fsp3) is 0.278. The molecule has 2 aromatic rings. The van der Waals surface area contributed by atoms with Gasteiger partial charge in [-0.05, 0) is 49.2 Å². The van der Waals surface area contributed by atoms with Crippen LogP contribution in [0.2, 0.25) is 0 Å². The number of carboxylic acid groups (broad SMARTS) is 1. The Labute approximate surface area is 138 Å². The van der Waals surface area contributed by atoms with Gasteiger partial charge in [0.15, 0.2) is 23.1 Å². The molecule has 0 bridgehead atoms. The van der Waals surface area contributed by atoms with Crippen molar-refractivity contribution in [1.29, 1.82) is 0 Å². The molecule has 1 aliphatic rings. The topological polar surface area (TPSA) is 49.8 Å². The number of carboxylic acids is 1. The lowest BCUT2D eigenvalue weighted by Crippen LogP contribution is -2.35. The van der Waals surface area contributed by atoms with E-state index in [4.69, 9.17) is 4.74 Å². The Morgan fingerprint density at radius 1 is 1.17 bits per heavy atom. The number of likely N-dealkylation sites (tertiary alicyclic amines) is 1. The van der Waals surface area contributed by atoms with Crippen molar-refractivity contribution in [2.45, 2.75) is 25.4 Å². The summed E-state index contributed by atoms with van der Waals surface area (Å²) in [6.07, 6.45) is 1.42. The molecule has 1 N–H and O–H groups in total. The highest BCUT2D eigenvalue weighted by Gasteiger charge is 2.30. The van der Waals surface area contributed by atoms with Gasteiger partial charge in [0.25, 0.3) is 0 Å². The van der Waals surface area contributed by atoms with Crippen LogP contribution in [-0.4, -0.2) is 28.6 Å². The van der Waals surface area contributed by atoms with Gasteiger partial charge < -0.3 is 9.84 Å². The Bertz CT molecular complexity index is 751. The van der Waals surface area contributed by atoms with Gasteiger partial charge in [0, 0.05) is 6.54 Å². The molecule has 1 unspecified atom stereocenters. The lowest BCUT2D eigenvalue weighted by molar-refractivity contribution is -0.142. The summed E-state index contributed by atoms with van der Waals surface area (Å²) in [5, 5.41) is 9.18. The molecule has 0 aromatic heterocycles. The highest BCUT2D eigenvalue weighted by Crippen LogP contribution is 2.28. The van der Waals surface area contributed by atoms with Gasteiger partial charge in [0.2, 0.25) is 0 Å². The number of nitrogens with zero attached hydrogens (tertiary/aromatic N) is 1. The molecular weight excluding hydrogens is 316 g/mol. The Balaban J connectivity index is 1.73. The van der Waals surface area contributed by atoms with Crippen LogP contribution in [0.25, 0.3) is 0 Å². The van der Waals surface area contributed by atoms with Gasteiger partial charge in [-0.15, -0.1) is 0 Å². The highest BCUT2D eigenvalue weighted by molar-refractivity contribution is 5.73. The molecule has 6 heteroatoms. The normalized spacial score (nSPS) is 17.8. The minimum atomic E-state index is -0.854. The number of hydrogen-bond acceptors (Lipinski definition) is 3. The second-order valence-electron chi connectivity index (χ2n) is 5.76. The number of halogens is 2. The lowest BCUT2D eigenvalue weighted by Gasteiger charge is -2.21. The van der Waals surface area contributed by atoms with Gasteiger partial charge in [0.05, 0.1) is 0 Å². The van der Waals surface area contributed by atoms with Crippen molar-refractivity contribution < 1.29 is 23.4 Å². The zero-order chi connectivity index (χ0) is 17.1. The van der Waals surface area contributed by atoms with Crippen LogP contribution in [0.3, 0.4) is 0 Å². The van der Waals surface area contributed by atoms with E-state index in [-0.39, 0.29) is 11.5 Å². The summed E-state index contributed by atoms with van der Waals surface area (Å²) >= 11 is 0. The smallest absolute Gasteiger partial charge is 0.320 e. The van der Waals surface area contributed by atoms with Crippen molar-refractivity contribution in [3.05, 3.63) is 59.7 Å². The lowest BCUT2D eigenvalue weighted by atomic mass is 10.1.